The lowest BCUT2D eigenvalue weighted by atomic mass is 9.95. The minimum absolute atomic E-state index is 0.00732. The van der Waals surface area contributed by atoms with Crippen LogP contribution in [0.2, 0.25) is 0 Å². The van der Waals surface area contributed by atoms with E-state index < -0.39 is 0 Å². The molecule has 0 saturated carbocycles. The average Bonchev–Trinajstić information content (AvgIpc) is 3.05. The molecule has 6 nitrogen and oxygen atoms in total. The molecule has 2 aliphatic rings. The zero-order chi connectivity index (χ0) is 16.6. The number of ether oxygens (including phenoxy) is 2. The number of fused-ring (bicyclic) bond motifs is 1. The number of aromatic nitrogens is 2. The standard InChI is InChI=1S/C18H23N3O3/c1-14-15(17(22)21-7-3-2-4-16(21)19-14)5-8-20-9-11-24-13-18(20)6-10-23-12-18/h2-4,7H,5-6,8-13H2,1H3. The maximum atomic E-state index is 12.8. The molecule has 0 radical (unpaired) electrons. The molecule has 0 aliphatic carbocycles. The number of aryl methyl sites for hydroxylation is 1. The molecule has 0 N–H and O–H groups in total. The lowest BCUT2D eigenvalue weighted by Gasteiger charge is -2.43. The predicted molar refractivity (Wildman–Crippen MR) is 90.5 cm³/mol. The first-order chi connectivity index (χ1) is 11.7. The van der Waals surface area contributed by atoms with E-state index in [0.717, 1.165) is 57.2 Å². The summed E-state index contributed by atoms with van der Waals surface area (Å²) in [6, 6.07) is 5.63. The van der Waals surface area contributed by atoms with E-state index in [-0.39, 0.29) is 11.1 Å². The molecule has 2 fully saturated rings. The van der Waals surface area contributed by atoms with Crippen molar-refractivity contribution < 1.29 is 9.47 Å². The van der Waals surface area contributed by atoms with Crippen LogP contribution in [0.25, 0.3) is 5.65 Å². The Labute approximate surface area is 141 Å². The topological polar surface area (TPSA) is 56.1 Å². The van der Waals surface area contributed by atoms with Gasteiger partial charge in [0.15, 0.2) is 0 Å². The fraction of sp³-hybridized carbons (Fsp3) is 0.556. The van der Waals surface area contributed by atoms with Crippen LogP contribution in [0.3, 0.4) is 0 Å². The summed E-state index contributed by atoms with van der Waals surface area (Å²) in [7, 11) is 0. The Balaban J connectivity index is 1.59. The van der Waals surface area contributed by atoms with Crippen molar-refractivity contribution in [1.29, 1.82) is 0 Å². The van der Waals surface area contributed by atoms with E-state index in [0.29, 0.717) is 12.1 Å². The summed E-state index contributed by atoms with van der Waals surface area (Å²) in [5.74, 6) is 0. The van der Waals surface area contributed by atoms with Gasteiger partial charge in [-0.25, -0.2) is 4.98 Å². The van der Waals surface area contributed by atoms with Crippen LogP contribution in [-0.4, -0.2) is 59.3 Å². The maximum Gasteiger partial charge on any atom is 0.261 e. The van der Waals surface area contributed by atoms with Crippen LogP contribution in [0.1, 0.15) is 17.7 Å². The highest BCUT2D eigenvalue weighted by atomic mass is 16.5. The minimum atomic E-state index is -0.00732. The van der Waals surface area contributed by atoms with Gasteiger partial charge in [0.2, 0.25) is 0 Å². The van der Waals surface area contributed by atoms with Gasteiger partial charge < -0.3 is 9.47 Å². The smallest absolute Gasteiger partial charge is 0.261 e. The van der Waals surface area contributed by atoms with E-state index in [1.807, 2.05) is 25.1 Å². The number of morpholine rings is 1. The van der Waals surface area contributed by atoms with E-state index in [4.69, 9.17) is 9.47 Å². The molecule has 0 bridgehead atoms. The second-order valence-electron chi connectivity index (χ2n) is 6.73. The first-order valence-electron chi connectivity index (χ1n) is 8.57. The van der Waals surface area contributed by atoms with E-state index in [1.165, 1.54) is 0 Å². The minimum Gasteiger partial charge on any atom is -0.379 e. The number of hydrogen-bond donors (Lipinski definition) is 0. The SMILES string of the molecule is Cc1nc2ccccn2c(=O)c1CCN1CCOCC12CCOC2. The number of pyridine rings is 1. The van der Waals surface area contributed by atoms with Gasteiger partial charge in [0.25, 0.3) is 5.56 Å². The van der Waals surface area contributed by atoms with E-state index >= 15 is 0 Å². The Morgan fingerprint density at radius 3 is 2.92 bits per heavy atom. The highest BCUT2D eigenvalue weighted by molar-refractivity contribution is 5.40. The van der Waals surface area contributed by atoms with Gasteiger partial charge >= 0.3 is 0 Å². The molecule has 128 valence electrons. The average molecular weight is 329 g/mol. The molecule has 0 aromatic carbocycles. The molecule has 0 amide bonds. The van der Waals surface area contributed by atoms with Crippen LogP contribution in [0.4, 0.5) is 0 Å². The molecule has 1 spiro atoms. The molecule has 24 heavy (non-hydrogen) atoms. The molecule has 6 heteroatoms. The fourth-order valence-corrected chi connectivity index (χ4v) is 3.85. The first-order valence-corrected chi connectivity index (χ1v) is 8.57. The first kappa shape index (κ1) is 15.7. The molecule has 2 aliphatic heterocycles. The summed E-state index contributed by atoms with van der Waals surface area (Å²) in [6.45, 7) is 6.64. The summed E-state index contributed by atoms with van der Waals surface area (Å²) >= 11 is 0. The molecule has 2 saturated heterocycles. The largest absolute Gasteiger partial charge is 0.379 e. The fourth-order valence-electron chi connectivity index (χ4n) is 3.85. The van der Waals surface area contributed by atoms with Gasteiger partial charge in [0, 0.05) is 37.2 Å². The van der Waals surface area contributed by atoms with Gasteiger partial charge in [0.1, 0.15) is 5.65 Å². The molecule has 2 aromatic rings. The van der Waals surface area contributed by atoms with E-state index in [1.54, 1.807) is 10.6 Å². The predicted octanol–water partition coefficient (Wildman–Crippen LogP) is 1.04. The Morgan fingerprint density at radius 1 is 1.25 bits per heavy atom. The van der Waals surface area contributed by atoms with Gasteiger partial charge in [-0.3, -0.25) is 14.1 Å². The molecule has 4 rings (SSSR count). The third kappa shape index (κ3) is 2.64. The van der Waals surface area contributed by atoms with Gasteiger partial charge in [-0.2, -0.15) is 0 Å². The van der Waals surface area contributed by atoms with Crippen LogP contribution >= 0.6 is 0 Å². The van der Waals surface area contributed by atoms with Gasteiger partial charge in [0.05, 0.1) is 25.4 Å². The van der Waals surface area contributed by atoms with Crippen molar-refractivity contribution >= 4 is 5.65 Å². The van der Waals surface area contributed by atoms with Crippen LogP contribution in [-0.2, 0) is 15.9 Å². The number of nitrogens with zero attached hydrogens (tertiary/aromatic N) is 3. The van der Waals surface area contributed by atoms with Crippen LogP contribution in [0, 0.1) is 6.92 Å². The Hall–Kier alpha value is -1.76. The van der Waals surface area contributed by atoms with Crippen LogP contribution < -0.4 is 5.56 Å². The van der Waals surface area contributed by atoms with Gasteiger partial charge in [-0.05, 0) is 31.9 Å². The molecule has 4 heterocycles. The van der Waals surface area contributed by atoms with Crippen molar-refractivity contribution in [1.82, 2.24) is 14.3 Å². The summed E-state index contributed by atoms with van der Waals surface area (Å²) in [5.41, 5.74) is 2.38. The van der Waals surface area contributed by atoms with Crippen LogP contribution in [0.15, 0.2) is 29.2 Å². The van der Waals surface area contributed by atoms with Crippen molar-refractivity contribution in [3.8, 4) is 0 Å². The van der Waals surface area contributed by atoms with E-state index in [2.05, 4.69) is 9.88 Å². The third-order valence-electron chi connectivity index (χ3n) is 5.30. The number of rotatable bonds is 3. The molecular weight excluding hydrogens is 306 g/mol. The highest BCUT2D eigenvalue weighted by Gasteiger charge is 2.42. The lowest BCUT2D eigenvalue weighted by molar-refractivity contribution is -0.0701. The second kappa shape index (κ2) is 6.27. The highest BCUT2D eigenvalue weighted by Crippen LogP contribution is 2.29. The Kier molecular flexibility index (Phi) is 4.12. The Morgan fingerprint density at radius 2 is 2.08 bits per heavy atom. The molecule has 1 atom stereocenters. The number of hydrogen-bond acceptors (Lipinski definition) is 5. The summed E-state index contributed by atoms with van der Waals surface area (Å²) in [4.78, 5) is 19.8. The van der Waals surface area contributed by atoms with Crippen molar-refractivity contribution in [2.75, 3.05) is 39.5 Å². The summed E-state index contributed by atoms with van der Waals surface area (Å²) in [6.07, 6.45) is 3.49. The zero-order valence-electron chi connectivity index (χ0n) is 14.0. The van der Waals surface area contributed by atoms with Crippen molar-refractivity contribution in [3.63, 3.8) is 0 Å². The summed E-state index contributed by atoms with van der Waals surface area (Å²) < 4.78 is 13.0. The van der Waals surface area contributed by atoms with Crippen molar-refractivity contribution in [2.24, 2.45) is 0 Å². The monoisotopic (exact) mass is 329 g/mol. The zero-order valence-corrected chi connectivity index (χ0v) is 14.0. The Bertz CT molecular complexity index is 796. The maximum absolute atomic E-state index is 12.8. The lowest BCUT2D eigenvalue weighted by Crippen LogP contribution is -2.58. The van der Waals surface area contributed by atoms with Gasteiger partial charge in [-0.15, -0.1) is 0 Å². The van der Waals surface area contributed by atoms with Crippen molar-refractivity contribution in [3.05, 3.63) is 46.0 Å². The molecule has 1 unspecified atom stereocenters. The van der Waals surface area contributed by atoms with E-state index in [9.17, 15) is 4.79 Å². The quantitative estimate of drug-likeness (QED) is 0.842. The molecular formula is C18H23N3O3. The van der Waals surface area contributed by atoms with Crippen molar-refractivity contribution in [2.45, 2.75) is 25.3 Å². The van der Waals surface area contributed by atoms with Gasteiger partial charge in [-0.1, -0.05) is 6.07 Å². The summed E-state index contributed by atoms with van der Waals surface area (Å²) in [5, 5.41) is 0. The third-order valence-corrected chi connectivity index (χ3v) is 5.30. The molecule has 2 aromatic heterocycles. The normalized spacial score (nSPS) is 24.9. The van der Waals surface area contributed by atoms with Crippen LogP contribution in [0.5, 0.6) is 0 Å². The second-order valence-corrected chi connectivity index (χ2v) is 6.73.